The lowest BCUT2D eigenvalue weighted by molar-refractivity contribution is -0.166. The minimum absolute atomic E-state index is 0.116. The lowest BCUT2D eigenvalue weighted by Gasteiger charge is -2.18. The van der Waals surface area contributed by atoms with E-state index in [0.717, 1.165) is 103 Å². The van der Waals surface area contributed by atoms with Gasteiger partial charge in [0.15, 0.2) is 6.10 Å². The number of ether oxygens (including phenoxy) is 3. The third kappa shape index (κ3) is 58.6. The second-order valence-corrected chi connectivity index (χ2v) is 19.5. The third-order valence-corrected chi connectivity index (χ3v) is 12.4. The Morgan fingerprint density at radius 1 is 0.288 bits per heavy atom. The number of allylic oxidation sites excluding steroid dienone is 20. The molecular formula is C67H110O6. The van der Waals surface area contributed by atoms with Crippen molar-refractivity contribution in [3.63, 3.8) is 0 Å². The number of hydrogen-bond acceptors (Lipinski definition) is 6. The van der Waals surface area contributed by atoms with Crippen LogP contribution in [0.2, 0.25) is 0 Å². The quantitative estimate of drug-likeness (QED) is 0.0261. The smallest absolute Gasteiger partial charge is 0.306 e. The van der Waals surface area contributed by atoms with E-state index in [2.05, 4.69) is 136 Å². The van der Waals surface area contributed by atoms with E-state index >= 15 is 0 Å². The van der Waals surface area contributed by atoms with Crippen LogP contribution in [-0.2, 0) is 28.6 Å². The number of unbranched alkanes of at least 4 members (excludes halogenated alkanes) is 22. The first kappa shape index (κ1) is 68.8. The maximum Gasteiger partial charge on any atom is 0.306 e. The number of rotatable bonds is 53. The Balaban J connectivity index is 4.54. The number of hydrogen-bond donors (Lipinski definition) is 0. The summed E-state index contributed by atoms with van der Waals surface area (Å²) in [4.78, 5) is 38.2. The molecule has 0 bridgehead atoms. The third-order valence-electron chi connectivity index (χ3n) is 12.4. The zero-order valence-electron chi connectivity index (χ0n) is 47.4. The molecule has 0 aliphatic heterocycles. The molecule has 0 fully saturated rings. The fourth-order valence-corrected chi connectivity index (χ4v) is 7.94. The summed E-state index contributed by atoms with van der Waals surface area (Å²) in [5.74, 6) is -1.02. The Kier molecular flexibility index (Phi) is 56.9. The van der Waals surface area contributed by atoms with Crippen molar-refractivity contribution in [2.75, 3.05) is 13.2 Å². The molecule has 0 saturated carbocycles. The van der Waals surface area contributed by atoms with Gasteiger partial charge in [0.1, 0.15) is 13.2 Å². The molecule has 0 amide bonds. The number of carbonyl (C=O) groups excluding carboxylic acids is 3. The summed E-state index contributed by atoms with van der Waals surface area (Å²) in [5.41, 5.74) is 0. The minimum Gasteiger partial charge on any atom is -0.462 e. The van der Waals surface area contributed by atoms with Crippen LogP contribution in [0.1, 0.15) is 265 Å². The van der Waals surface area contributed by atoms with E-state index in [0.29, 0.717) is 19.3 Å². The molecule has 0 aliphatic rings. The molecule has 0 unspecified atom stereocenters. The molecule has 0 radical (unpaired) electrons. The molecule has 0 aromatic heterocycles. The van der Waals surface area contributed by atoms with Crippen LogP contribution in [0, 0.1) is 0 Å². The lowest BCUT2D eigenvalue weighted by Crippen LogP contribution is -2.30. The van der Waals surface area contributed by atoms with Crippen LogP contribution >= 0.6 is 0 Å². The van der Waals surface area contributed by atoms with Crippen molar-refractivity contribution in [2.24, 2.45) is 0 Å². The summed E-state index contributed by atoms with van der Waals surface area (Å²) < 4.78 is 16.8. The first-order valence-electron chi connectivity index (χ1n) is 30.0. The molecule has 0 aromatic rings. The predicted octanol–water partition coefficient (Wildman–Crippen LogP) is 20.4. The van der Waals surface area contributed by atoms with E-state index < -0.39 is 6.10 Å². The molecule has 0 spiro atoms. The highest BCUT2D eigenvalue weighted by Gasteiger charge is 2.19. The average molecular weight is 1010 g/mol. The standard InChI is InChI=1S/C67H110O6/c1-4-7-10-13-16-19-22-25-28-31-33-36-39-42-45-48-51-54-57-60-66(69)72-63-64(62-71-65(68)59-56-53-50-47-44-41-38-35-30-27-24-21-18-15-12-9-6-3)73-67(70)61-58-55-52-49-46-43-40-37-34-32-29-26-23-20-17-14-11-8-5-2/h7,10,16,18-19,21,25-30,33,36,38,41-42,45,51,54,64H,4-6,8-9,11-15,17,20,22-24,31-32,34-35,37,39-40,43-44,46-50,52-53,55-63H2,1-3H3/b10-7-,19-16-,21-18-,28-25-,29-26-,30-27-,36-33-,41-38-,45-42-,54-51-/t64-/m0/s1. The van der Waals surface area contributed by atoms with Crippen LogP contribution in [0.15, 0.2) is 122 Å². The molecule has 6 nitrogen and oxygen atoms in total. The van der Waals surface area contributed by atoms with Crippen molar-refractivity contribution in [2.45, 2.75) is 271 Å². The van der Waals surface area contributed by atoms with Crippen LogP contribution in [-0.4, -0.2) is 37.2 Å². The van der Waals surface area contributed by atoms with Gasteiger partial charge >= 0.3 is 17.9 Å². The maximum absolute atomic E-state index is 12.9. The molecular weight excluding hydrogens is 901 g/mol. The van der Waals surface area contributed by atoms with Gasteiger partial charge in [-0.15, -0.1) is 0 Å². The fourth-order valence-electron chi connectivity index (χ4n) is 7.94. The maximum atomic E-state index is 12.9. The van der Waals surface area contributed by atoms with E-state index in [1.54, 1.807) is 0 Å². The Hall–Kier alpha value is -4.19. The molecule has 0 rings (SSSR count). The zero-order chi connectivity index (χ0) is 52.9. The van der Waals surface area contributed by atoms with Crippen molar-refractivity contribution in [3.05, 3.63) is 122 Å². The summed E-state index contributed by atoms with van der Waals surface area (Å²) in [5, 5.41) is 0. The molecule has 6 heteroatoms. The van der Waals surface area contributed by atoms with Crippen molar-refractivity contribution < 1.29 is 28.6 Å². The van der Waals surface area contributed by atoms with Crippen molar-refractivity contribution in [3.8, 4) is 0 Å². The molecule has 0 aliphatic carbocycles. The van der Waals surface area contributed by atoms with E-state index in [4.69, 9.17) is 14.2 Å². The second-order valence-electron chi connectivity index (χ2n) is 19.5. The second kappa shape index (κ2) is 60.4. The average Bonchev–Trinajstić information content (AvgIpc) is 3.39. The fraction of sp³-hybridized carbons (Fsp3) is 0.657. The highest BCUT2D eigenvalue weighted by atomic mass is 16.6. The van der Waals surface area contributed by atoms with E-state index in [-0.39, 0.29) is 37.5 Å². The van der Waals surface area contributed by atoms with Gasteiger partial charge in [-0.05, 0) is 122 Å². The highest BCUT2D eigenvalue weighted by molar-refractivity contribution is 5.71. The Morgan fingerprint density at radius 3 is 0.959 bits per heavy atom. The van der Waals surface area contributed by atoms with E-state index in [9.17, 15) is 14.4 Å². The summed E-state index contributed by atoms with van der Waals surface area (Å²) in [6.07, 6.45) is 83.4. The monoisotopic (exact) mass is 1010 g/mol. The number of carbonyl (C=O) groups is 3. The van der Waals surface area contributed by atoms with Gasteiger partial charge in [0, 0.05) is 19.3 Å². The van der Waals surface area contributed by atoms with Gasteiger partial charge in [0.25, 0.3) is 0 Å². The Bertz CT molecular complexity index is 1540. The largest absolute Gasteiger partial charge is 0.462 e. The van der Waals surface area contributed by atoms with Gasteiger partial charge in [-0.3, -0.25) is 14.4 Å². The number of esters is 3. The molecule has 1 atom stereocenters. The Morgan fingerprint density at radius 2 is 0.562 bits per heavy atom. The van der Waals surface area contributed by atoms with E-state index in [1.165, 1.54) is 116 Å². The molecule has 0 N–H and O–H groups in total. The Labute approximate surface area is 450 Å². The summed E-state index contributed by atoms with van der Waals surface area (Å²) in [7, 11) is 0. The predicted molar refractivity (Wildman–Crippen MR) is 316 cm³/mol. The van der Waals surface area contributed by atoms with Gasteiger partial charge in [-0.2, -0.15) is 0 Å². The van der Waals surface area contributed by atoms with Gasteiger partial charge < -0.3 is 14.2 Å². The van der Waals surface area contributed by atoms with Crippen molar-refractivity contribution in [1.29, 1.82) is 0 Å². The molecule has 0 saturated heterocycles. The van der Waals surface area contributed by atoms with Gasteiger partial charge in [0.2, 0.25) is 0 Å². The van der Waals surface area contributed by atoms with Gasteiger partial charge in [-0.1, -0.05) is 245 Å². The van der Waals surface area contributed by atoms with Gasteiger partial charge in [0.05, 0.1) is 0 Å². The molecule has 414 valence electrons. The van der Waals surface area contributed by atoms with Crippen molar-refractivity contribution >= 4 is 17.9 Å². The first-order valence-corrected chi connectivity index (χ1v) is 30.0. The normalized spacial score (nSPS) is 13.0. The first-order chi connectivity index (χ1) is 36.0. The summed E-state index contributed by atoms with van der Waals surface area (Å²) in [6, 6.07) is 0. The van der Waals surface area contributed by atoms with Crippen molar-refractivity contribution in [1.82, 2.24) is 0 Å². The topological polar surface area (TPSA) is 78.9 Å². The van der Waals surface area contributed by atoms with Crippen LogP contribution < -0.4 is 0 Å². The molecule has 0 heterocycles. The SMILES string of the molecule is CC/C=C\C/C=C\C/C=C\C/C=C\C/C=C\C/C=C\CCC(=O)OC[C@H](COC(=O)CCCCCC/C=C\C/C=C\C/C=C\CCCCC)OC(=O)CCCCCCCCCCC/C=C\CCCCCCCC. The lowest BCUT2D eigenvalue weighted by atomic mass is 10.1. The molecule has 73 heavy (non-hydrogen) atoms. The van der Waals surface area contributed by atoms with Crippen LogP contribution in [0.4, 0.5) is 0 Å². The summed E-state index contributed by atoms with van der Waals surface area (Å²) >= 11 is 0. The van der Waals surface area contributed by atoms with Crippen LogP contribution in [0.5, 0.6) is 0 Å². The van der Waals surface area contributed by atoms with Crippen LogP contribution in [0.25, 0.3) is 0 Å². The van der Waals surface area contributed by atoms with Crippen LogP contribution in [0.3, 0.4) is 0 Å². The van der Waals surface area contributed by atoms with E-state index in [1.807, 2.05) is 6.08 Å². The highest BCUT2D eigenvalue weighted by Crippen LogP contribution is 2.14. The summed E-state index contributed by atoms with van der Waals surface area (Å²) in [6.45, 7) is 6.41. The van der Waals surface area contributed by atoms with Gasteiger partial charge in [-0.25, -0.2) is 0 Å². The minimum atomic E-state index is -0.823. The zero-order valence-corrected chi connectivity index (χ0v) is 47.4. The molecule has 0 aromatic carbocycles.